The van der Waals surface area contributed by atoms with Crippen LogP contribution in [0, 0.1) is 6.92 Å². The topological polar surface area (TPSA) is 72.9 Å². The fourth-order valence-electron chi connectivity index (χ4n) is 2.17. The standard InChI is InChI=1S/C15H16N4OS/c1-9-13(17-6-5-14(9)20-2)8-21-15-18-11-4-3-10(16)7-12(11)19-15/h3-7,15H,8,16H2,1-2H3. The van der Waals surface area contributed by atoms with Gasteiger partial charge in [-0.15, -0.1) is 11.8 Å². The Hall–Kier alpha value is -2.08. The Bertz CT molecular complexity index is 791. The van der Waals surface area contributed by atoms with Gasteiger partial charge in [-0.05, 0) is 31.2 Å². The Kier molecular flexibility index (Phi) is 3.79. The molecule has 1 aliphatic rings. The molecule has 0 bridgehead atoms. The van der Waals surface area contributed by atoms with Crippen molar-refractivity contribution in [1.82, 2.24) is 4.98 Å². The van der Waals surface area contributed by atoms with E-state index in [1.807, 2.05) is 31.2 Å². The van der Waals surface area contributed by atoms with Crippen molar-refractivity contribution in [1.29, 1.82) is 0 Å². The Balaban J connectivity index is 1.75. The van der Waals surface area contributed by atoms with Crippen molar-refractivity contribution < 1.29 is 4.74 Å². The van der Waals surface area contributed by atoms with Gasteiger partial charge >= 0.3 is 0 Å². The average Bonchev–Trinajstić information content (AvgIpc) is 2.88. The Labute approximate surface area is 127 Å². The third kappa shape index (κ3) is 2.85. The average molecular weight is 300 g/mol. The second-order valence-electron chi connectivity index (χ2n) is 4.73. The molecule has 1 atom stereocenters. The lowest BCUT2D eigenvalue weighted by molar-refractivity contribution is 0.410. The number of anilines is 1. The van der Waals surface area contributed by atoms with E-state index in [0.29, 0.717) is 5.69 Å². The summed E-state index contributed by atoms with van der Waals surface area (Å²) in [6, 6.07) is 7.48. The number of ether oxygens (including phenoxy) is 1. The number of hydrogen-bond acceptors (Lipinski definition) is 6. The molecular formula is C15H16N4OS. The van der Waals surface area contributed by atoms with Gasteiger partial charge in [-0.25, -0.2) is 9.98 Å². The van der Waals surface area contributed by atoms with Crippen LogP contribution in [-0.2, 0) is 5.75 Å². The predicted octanol–water partition coefficient (Wildman–Crippen LogP) is 1.45. The molecule has 0 radical (unpaired) electrons. The van der Waals surface area contributed by atoms with Crippen molar-refractivity contribution in [2.45, 2.75) is 18.2 Å². The summed E-state index contributed by atoms with van der Waals surface area (Å²) < 4.78 is 5.31. The SMILES string of the molecule is COc1ccnc(CSC2N=c3ccc(N)cc3=N2)c1C. The molecule has 2 aromatic rings. The van der Waals surface area contributed by atoms with Gasteiger partial charge in [0.2, 0.25) is 0 Å². The van der Waals surface area contributed by atoms with Gasteiger partial charge in [-0.3, -0.25) is 4.98 Å². The maximum absolute atomic E-state index is 5.76. The highest BCUT2D eigenvalue weighted by atomic mass is 32.2. The summed E-state index contributed by atoms with van der Waals surface area (Å²) >= 11 is 1.64. The summed E-state index contributed by atoms with van der Waals surface area (Å²) in [5.41, 5.74) is 8.40. The molecule has 1 aliphatic heterocycles. The van der Waals surface area contributed by atoms with Gasteiger partial charge in [0, 0.05) is 23.2 Å². The van der Waals surface area contributed by atoms with E-state index in [9.17, 15) is 0 Å². The van der Waals surface area contributed by atoms with Crippen LogP contribution in [0.4, 0.5) is 5.69 Å². The van der Waals surface area contributed by atoms with Crippen molar-refractivity contribution in [3.8, 4) is 5.75 Å². The number of nitrogen functional groups attached to an aromatic ring is 1. The maximum atomic E-state index is 5.76. The van der Waals surface area contributed by atoms with Crippen LogP contribution in [0.5, 0.6) is 5.75 Å². The Morgan fingerprint density at radius 1 is 1.24 bits per heavy atom. The minimum Gasteiger partial charge on any atom is -0.496 e. The van der Waals surface area contributed by atoms with Crippen LogP contribution >= 0.6 is 11.8 Å². The molecule has 2 heterocycles. The summed E-state index contributed by atoms with van der Waals surface area (Å²) in [6.07, 6.45) is 1.76. The van der Waals surface area contributed by atoms with Crippen LogP contribution in [0.25, 0.3) is 0 Å². The van der Waals surface area contributed by atoms with Crippen LogP contribution in [0.2, 0.25) is 0 Å². The second kappa shape index (κ2) is 5.73. The van der Waals surface area contributed by atoms with E-state index in [1.165, 1.54) is 0 Å². The van der Waals surface area contributed by atoms with Gasteiger partial charge in [-0.2, -0.15) is 0 Å². The van der Waals surface area contributed by atoms with E-state index in [-0.39, 0.29) is 5.50 Å². The van der Waals surface area contributed by atoms with Gasteiger partial charge < -0.3 is 10.5 Å². The molecule has 0 saturated carbocycles. The van der Waals surface area contributed by atoms with Crippen molar-refractivity contribution in [3.63, 3.8) is 0 Å². The van der Waals surface area contributed by atoms with E-state index < -0.39 is 0 Å². The number of nitrogens with two attached hydrogens (primary N) is 1. The molecule has 0 aliphatic carbocycles. The lowest BCUT2D eigenvalue weighted by atomic mass is 10.2. The fourth-order valence-corrected chi connectivity index (χ4v) is 3.15. The maximum Gasteiger partial charge on any atom is 0.188 e. The highest BCUT2D eigenvalue weighted by molar-refractivity contribution is 7.99. The first kappa shape index (κ1) is 13.9. The Morgan fingerprint density at radius 2 is 2.05 bits per heavy atom. The third-order valence-electron chi connectivity index (χ3n) is 3.35. The zero-order chi connectivity index (χ0) is 14.8. The van der Waals surface area contributed by atoms with Crippen LogP contribution in [0.3, 0.4) is 0 Å². The molecule has 1 unspecified atom stereocenters. The molecule has 0 saturated heterocycles. The number of methoxy groups -OCH3 is 1. The van der Waals surface area contributed by atoms with Gasteiger partial charge in [0.1, 0.15) is 5.75 Å². The summed E-state index contributed by atoms with van der Waals surface area (Å²) in [5.74, 6) is 1.60. The molecule has 5 nitrogen and oxygen atoms in total. The van der Waals surface area contributed by atoms with E-state index in [0.717, 1.165) is 33.5 Å². The van der Waals surface area contributed by atoms with Gasteiger partial charge in [-0.1, -0.05) is 0 Å². The zero-order valence-corrected chi connectivity index (χ0v) is 12.7. The second-order valence-corrected chi connectivity index (χ2v) is 5.77. The van der Waals surface area contributed by atoms with Gasteiger partial charge in [0.05, 0.1) is 23.5 Å². The van der Waals surface area contributed by atoms with E-state index in [1.54, 1.807) is 25.1 Å². The molecule has 1 aromatic heterocycles. The van der Waals surface area contributed by atoms with Crippen molar-refractivity contribution in [2.75, 3.05) is 12.8 Å². The number of fused-ring (bicyclic) bond motifs is 1. The van der Waals surface area contributed by atoms with Crippen molar-refractivity contribution in [2.24, 2.45) is 9.98 Å². The number of hydrogen-bond donors (Lipinski definition) is 1. The number of thioether (sulfide) groups is 1. The number of benzene rings is 1. The lowest BCUT2D eigenvalue weighted by Gasteiger charge is -2.09. The van der Waals surface area contributed by atoms with Crippen molar-refractivity contribution in [3.05, 3.63) is 52.4 Å². The normalized spacial score (nSPS) is 16.0. The number of rotatable bonds is 4. The van der Waals surface area contributed by atoms with Crippen LogP contribution in [0.15, 0.2) is 40.4 Å². The summed E-state index contributed by atoms with van der Waals surface area (Å²) in [5, 5.41) is 1.76. The minimum absolute atomic E-state index is 0.130. The van der Waals surface area contributed by atoms with E-state index >= 15 is 0 Å². The fraction of sp³-hybridized carbons (Fsp3) is 0.267. The third-order valence-corrected chi connectivity index (χ3v) is 4.30. The first-order valence-corrected chi connectivity index (χ1v) is 7.63. The molecule has 0 amide bonds. The molecule has 1 aromatic carbocycles. The molecule has 0 spiro atoms. The Morgan fingerprint density at radius 3 is 2.86 bits per heavy atom. The van der Waals surface area contributed by atoms with Gasteiger partial charge in [0.25, 0.3) is 0 Å². The number of pyridine rings is 1. The monoisotopic (exact) mass is 300 g/mol. The van der Waals surface area contributed by atoms with Crippen LogP contribution in [0.1, 0.15) is 11.3 Å². The molecule has 108 valence electrons. The van der Waals surface area contributed by atoms with E-state index in [2.05, 4.69) is 15.0 Å². The number of aromatic nitrogens is 1. The minimum atomic E-state index is -0.130. The van der Waals surface area contributed by atoms with Crippen LogP contribution in [-0.4, -0.2) is 17.6 Å². The molecule has 6 heteroatoms. The molecule has 3 rings (SSSR count). The largest absolute Gasteiger partial charge is 0.496 e. The highest BCUT2D eigenvalue weighted by Gasteiger charge is 2.13. The molecule has 21 heavy (non-hydrogen) atoms. The van der Waals surface area contributed by atoms with E-state index in [4.69, 9.17) is 10.5 Å². The van der Waals surface area contributed by atoms with Crippen molar-refractivity contribution >= 4 is 17.4 Å². The molecule has 2 N–H and O–H groups in total. The van der Waals surface area contributed by atoms with Crippen LogP contribution < -0.4 is 21.2 Å². The summed E-state index contributed by atoms with van der Waals surface area (Å²) in [7, 11) is 1.67. The lowest BCUT2D eigenvalue weighted by Crippen LogP contribution is -2.21. The first-order valence-electron chi connectivity index (χ1n) is 6.58. The molecular weight excluding hydrogens is 284 g/mol. The summed E-state index contributed by atoms with van der Waals surface area (Å²) in [4.78, 5) is 13.5. The smallest absolute Gasteiger partial charge is 0.188 e. The quantitative estimate of drug-likeness (QED) is 0.867. The zero-order valence-electron chi connectivity index (χ0n) is 11.9. The summed E-state index contributed by atoms with van der Waals surface area (Å²) in [6.45, 7) is 2.01. The molecule has 0 fully saturated rings. The predicted molar refractivity (Wildman–Crippen MR) is 83.8 cm³/mol. The first-order chi connectivity index (χ1) is 10.2. The number of nitrogens with zero attached hydrogens (tertiary/aromatic N) is 3. The van der Waals surface area contributed by atoms with Gasteiger partial charge in [0.15, 0.2) is 5.50 Å². The highest BCUT2D eigenvalue weighted by Crippen LogP contribution is 2.25.